The standard InChI is InChI=1S/C12H19N3O/c1-9(10-6-4-5-7-14-10)15-11(16)8-12(2,3)13/h4-7,9H,8,13H2,1-3H3,(H,15,16)/t9-/m0/s1. The predicted octanol–water partition coefficient (Wildman–Crippen LogP) is 1.39. The Morgan fingerprint density at radius 2 is 2.25 bits per heavy atom. The van der Waals surface area contributed by atoms with Crippen LogP contribution in [0.5, 0.6) is 0 Å². The number of rotatable bonds is 4. The van der Waals surface area contributed by atoms with Gasteiger partial charge in [-0.3, -0.25) is 9.78 Å². The van der Waals surface area contributed by atoms with E-state index in [0.29, 0.717) is 6.42 Å². The summed E-state index contributed by atoms with van der Waals surface area (Å²) in [4.78, 5) is 15.8. The zero-order chi connectivity index (χ0) is 12.2. The van der Waals surface area contributed by atoms with E-state index in [0.717, 1.165) is 5.69 Å². The van der Waals surface area contributed by atoms with Crippen LogP contribution in [0.1, 0.15) is 38.9 Å². The van der Waals surface area contributed by atoms with Crippen LogP contribution in [-0.2, 0) is 4.79 Å². The minimum absolute atomic E-state index is 0.0503. The lowest BCUT2D eigenvalue weighted by atomic mass is 10.0. The van der Waals surface area contributed by atoms with Gasteiger partial charge in [-0.2, -0.15) is 0 Å². The summed E-state index contributed by atoms with van der Waals surface area (Å²) >= 11 is 0. The zero-order valence-electron chi connectivity index (χ0n) is 10.0. The smallest absolute Gasteiger partial charge is 0.222 e. The average Bonchev–Trinajstić information content (AvgIpc) is 2.16. The molecule has 1 aromatic rings. The average molecular weight is 221 g/mol. The fourth-order valence-electron chi connectivity index (χ4n) is 1.41. The fourth-order valence-corrected chi connectivity index (χ4v) is 1.41. The number of nitrogens with one attached hydrogen (secondary N) is 1. The maximum atomic E-state index is 11.6. The summed E-state index contributed by atoms with van der Waals surface area (Å²) in [5, 5.41) is 2.87. The molecule has 88 valence electrons. The number of nitrogens with zero attached hydrogens (tertiary/aromatic N) is 1. The van der Waals surface area contributed by atoms with Crippen LogP contribution >= 0.6 is 0 Å². The highest BCUT2D eigenvalue weighted by molar-refractivity contribution is 5.77. The van der Waals surface area contributed by atoms with Gasteiger partial charge in [0, 0.05) is 18.2 Å². The van der Waals surface area contributed by atoms with E-state index in [9.17, 15) is 4.79 Å². The number of carbonyl (C=O) groups is 1. The van der Waals surface area contributed by atoms with Crippen molar-refractivity contribution in [2.24, 2.45) is 5.73 Å². The van der Waals surface area contributed by atoms with Crippen LogP contribution in [0.25, 0.3) is 0 Å². The fraction of sp³-hybridized carbons (Fsp3) is 0.500. The van der Waals surface area contributed by atoms with Gasteiger partial charge in [-0.25, -0.2) is 0 Å². The number of carbonyl (C=O) groups excluding carboxylic acids is 1. The van der Waals surface area contributed by atoms with E-state index in [1.165, 1.54) is 0 Å². The molecule has 3 N–H and O–H groups in total. The molecule has 0 aliphatic carbocycles. The molecule has 0 aliphatic rings. The molecule has 0 saturated heterocycles. The Bertz CT molecular complexity index is 343. The highest BCUT2D eigenvalue weighted by atomic mass is 16.1. The van der Waals surface area contributed by atoms with Crippen molar-refractivity contribution in [3.05, 3.63) is 30.1 Å². The third-order valence-corrected chi connectivity index (χ3v) is 2.13. The van der Waals surface area contributed by atoms with Gasteiger partial charge >= 0.3 is 0 Å². The van der Waals surface area contributed by atoms with Crippen molar-refractivity contribution >= 4 is 5.91 Å². The van der Waals surface area contributed by atoms with E-state index in [1.807, 2.05) is 39.0 Å². The van der Waals surface area contributed by atoms with Crippen molar-refractivity contribution in [1.82, 2.24) is 10.3 Å². The lowest BCUT2D eigenvalue weighted by Gasteiger charge is -2.20. The second-order valence-corrected chi connectivity index (χ2v) is 4.71. The van der Waals surface area contributed by atoms with Gasteiger partial charge in [-0.15, -0.1) is 0 Å². The van der Waals surface area contributed by atoms with E-state index in [2.05, 4.69) is 10.3 Å². The molecule has 1 amide bonds. The van der Waals surface area contributed by atoms with Crippen LogP contribution in [0, 0.1) is 0 Å². The Kier molecular flexibility index (Phi) is 4.01. The monoisotopic (exact) mass is 221 g/mol. The van der Waals surface area contributed by atoms with Crippen LogP contribution < -0.4 is 11.1 Å². The molecule has 1 heterocycles. The summed E-state index contributed by atoms with van der Waals surface area (Å²) in [7, 11) is 0. The Hall–Kier alpha value is -1.42. The zero-order valence-corrected chi connectivity index (χ0v) is 10.0. The van der Waals surface area contributed by atoms with E-state index < -0.39 is 5.54 Å². The molecule has 0 aromatic carbocycles. The highest BCUT2D eigenvalue weighted by Gasteiger charge is 2.18. The Morgan fingerprint density at radius 3 is 2.75 bits per heavy atom. The third kappa shape index (κ3) is 4.40. The van der Waals surface area contributed by atoms with Crippen molar-refractivity contribution < 1.29 is 4.79 Å². The van der Waals surface area contributed by atoms with Crippen molar-refractivity contribution in [3.8, 4) is 0 Å². The van der Waals surface area contributed by atoms with Gasteiger partial charge in [0.05, 0.1) is 11.7 Å². The van der Waals surface area contributed by atoms with E-state index in [4.69, 9.17) is 5.73 Å². The maximum absolute atomic E-state index is 11.6. The Balaban J connectivity index is 2.52. The van der Waals surface area contributed by atoms with Gasteiger partial charge in [-0.05, 0) is 32.9 Å². The van der Waals surface area contributed by atoms with Gasteiger partial charge in [-0.1, -0.05) is 6.07 Å². The second-order valence-electron chi connectivity index (χ2n) is 4.71. The summed E-state index contributed by atoms with van der Waals surface area (Å²) in [6, 6.07) is 5.55. The SMILES string of the molecule is C[C@H](NC(=O)CC(C)(C)N)c1ccccn1. The molecular formula is C12H19N3O. The topological polar surface area (TPSA) is 68.0 Å². The molecule has 1 rings (SSSR count). The predicted molar refractivity (Wildman–Crippen MR) is 63.7 cm³/mol. The first-order valence-corrected chi connectivity index (χ1v) is 5.38. The largest absolute Gasteiger partial charge is 0.348 e. The normalized spacial score (nSPS) is 13.2. The molecule has 0 radical (unpaired) electrons. The molecule has 4 nitrogen and oxygen atoms in total. The molecule has 0 bridgehead atoms. The van der Waals surface area contributed by atoms with Crippen LogP contribution in [0.15, 0.2) is 24.4 Å². The van der Waals surface area contributed by atoms with Gasteiger partial charge < -0.3 is 11.1 Å². The molecule has 16 heavy (non-hydrogen) atoms. The van der Waals surface area contributed by atoms with Crippen LogP contribution in [-0.4, -0.2) is 16.4 Å². The summed E-state index contributed by atoms with van der Waals surface area (Å²) in [6.45, 7) is 5.57. The first-order chi connectivity index (χ1) is 7.38. The molecule has 4 heteroatoms. The van der Waals surface area contributed by atoms with Crippen molar-refractivity contribution in [1.29, 1.82) is 0 Å². The molecule has 1 atom stereocenters. The molecule has 0 spiro atoms. The number of hydrogen-bond donors (Lipinski definition) is 2. The van der Waals surface area contributed by atoms with Gasteiger partial charge in [0.15, 0.2) is 0 Å². The number of nitrogens with two attached hydrogens (primary N) is 1. The van der Waals surface area contributed by atoms with E-state index in [1.54, 1.807) is 6.20 Å². The number of aromatic nitrogens is 1. The molecule has 0 aliphatic heterocycles. The lowest BCUT2D eigenvalue weighted by Crippen LogP contribution is -2.39. The van der Waals surface area contributed by atoms with Crippen LogP contribution in [0.3, 0.4) is 0 Å². The van der Waals surface area contributed by atoms with Crippen LogP contribution in [0.2, 0.25) is 0 Å². The Morgan fingerprint density at radius 1 is 1.56 bits per heavy atom. The van der Waals surface area contributed by atoms with E-state index >= 15 is 0 Å². The quantitative estimate of drug-likeness (QED) is 0.807. The number of amides is 1. The summed E-state index contributed by atoms with van der Waals surface area (Å²) < 4.78 is 0. The van der Waals surface area contributed by atoms with Crippen molar-refractivity contribution in [3.63, 3.8) is 0 Å². The summed E-state index contributed by atoms with van der Waals surface area (Å²) in [5.41, 5.74) is 6.15. The van der Waals surface area contributed by atoms with Gasteiger partial charge in [0.1, 0.15) is 0 Å². The molecular weight excluding hydrogens is 202 g/mol. The van der Waals surface area contributed by atoms with Crippen molar-refractivity contribution in [2.75, 3.05) is 0 Å². The third-order valence-electron chi connectivity index (χ3n) is 2.13. The molecule has 0 saturated carbocycles. The number of hydrogen-bond acceptors (Lipinski definition) is 3. The first kappa shape index (κ1) is 12.6. The molecule has 0 unspecified atom stereocenters. The van der Waals surface area contributed by atoms with E-state index in [-0.39, 0.29) is 11.9 Å². The van der Waals surface area contributed by atoms with Gasteiger partial charge in [0.25, 0.3) is 0 Å². The second kappa shape index (κ2) is 5.07. The van der Waals surface area contributed by atoms with Crippen molar-refractivity contribution in [2.45, 2.75) is 38.8 Å². The minimum atomic E-state index is -0.478. The molecule has 1 aromatic heterocycles. The lowest BCUT2D eigenvalue weighted by molar-refractivity contribution is -0.122. The summed E-state index contributed by atoms with van der Waals surface area (Å²) in [6.07, 6.45) is 2.02. The minimum Gasteiger partial charge on any atom is -0.348 e. The Labute approximate surface area is 96.3 Å². The number of pyridine rings is 1. The first-order valence-electron chi connectivity index (χ1n) is 5.38. The maximum Gasteiger partial charge on any atom is 0.222 e. The molecule has 0 fully saturated rings. The van der Waals surface area contributed by atoms with Gasteiger partial charge in [0.2, 0.25) is 5.91 Å². The highest BCUT2D eigenvalue weighted by Crippen LogP contribution is 2.10. The summed E-state index contributed by atoms with van der Waals surface area (Å²) in [5.74, 6) is -0.0503. The van der Waals surface area contributed by atoms with Crippen LogP contribution in [0.4, 0.5) is 0 Å².